The van der Waals surface area contributed by atoms with Crippen LogP contribution in [0.3, 0.4) is 0 Å². The van der Waals surface area contributed by atoms with Gasteiger partial charge >= 0.3 is 6.18 Å². The highest BCUT2D eigenvalue weighted by Crippen LogP contribution is 2.37. The first-order valence-corrected chi connectivity index (χ1v) is 8.22. The summed E-state index contributed by atoms with van der Waals surface area (Å²) in [5, 5.41) is 0. The minimum absolute atomic E-state index is 0.0384. The third-order valence-corrected chi connectivity index (χ3v) is 4.82. The van der Waals surface area contributed by atoms with Crippen LogP contribution in [0.2, 0.25) is 0 Å². The molecule has 1 aromatic carbocycles. The molecule has 0 saturated carbocycles. The van der Waals surface area contributed by atoms with Crippen LogP contribution in [0.5, 0.6) is 0 Å². The molecule has 0 aliphatic carbocycles. The molecule has 21 heavy (non-hydrogen) atoms. The standard InChI is InChI=1S/C15H21F3N2S/c1-2-21-14-7-3-6-13(12(14)9-19)20-8-4-5-11(10-20)15(16,17)18/h3,6-7,11H,2,4-5,8-10,19H2,1H3. The van der Waals surface area contributed by atoms with Crippen LogP contribution in [0, 0.1) is 5.92 Å². The van der Waals surface area contributed by atoms with Gasteiger partial charge < -0.3 is 10.6 Å². The normalized spacial score (nSPS) is 19.9. The fourth-order valence-electron chi connectivity index (χ4n) is 2.81. The van der Waals surface area contributed by atoms with Crippen molar-refractivity contribution in [2.24, 2.45) is 11.7 Å². The summed E-state index contributed by atoms with van der Waals surface area (Å²) in [6.45, 7) is 3.11. The summed E-state index contributed by atoms with van der Waals surface area (Å²) in [6, 6.07) is 5.79. The van der Waals surface area contributed by atoms with E-state index < -0.39 is 12.1 Å². The van der Waals surface area contributed by atoms with E-state index in [1.807, 2.05) is 23.1 Å². The smallest absolute Gasteiger partial charge is 0.371 e. The van der Waals surface area contributed by atoms with Gasteiger partial charge in [0.2, 0.25) is 0 Å². The van der Waals surface area contributed by atoms with Crippen molar-refractivity contribution in [1.29, 1.82) is 0 Å². The summed E-state index contributed by atoms with van der Waals surface area (Å²) in [4.78, 5) is 2.93. The summed E-state index contributed by atoms with van der Waals surface area (Å²) in [7, 11) is 0. The fourth-order valence-corrected chi connectivity index (χ4v) is 3.66. The van der Waals surface area contributed by atoms with Crippen molar-refractivity contribution < 1.29 is 13.2 Å². The van der Waals surface area contributed by atoms with E-state index in [1.165, 1.54) is 0 Å². The number of piperidine rings is 1. The van der Waals surface area contributed by atoms with Gasteiger partial charge in [-0.2, -0.15) is 13.2 Å². The van der Waals surface area contributed by atoms with Crippen molar-refractivity contribution in [3.8, 4) is 0 Å². The van der Waals surface area contributed by atoms with Crippen LogP contribution in [0.15, 0.2) is 23.1 Å². The summed E-state index contributed by atoms with van der Waals surface area (Å²) < 4.78 is 38.9. The summed E-state index contributed by atoms with van der Waals surface area (Å²) in [5.74, 6) is -0.318. The van der Waals surface area contributed by atoms with Crippen molar-refractivity contribution in [1.82, 2.24) is 0 Å². The quantitative estimate of drug-likeness (QED) is 0.850. The molecule has 6 heteroatoms. The van der Waals surface area contributed by atoms with E-state index in [2.05, 4.69) is 6.92 Å². The number of rotatable bonds is 4. The number of hydrogen-bond donors (Lipinski definition) is 1. The first kappa shape index (κ1) is 16.5. The summed E-state index contributed by atoms with van der Waals surface area (Å²) in [6.07, 6.45) is -3.32. The largest absolute Gasteiger partial charge is 0.393 e. The highest BCUT2D eigenvalue weighted by atomic mass is 32.2. The van der Waals surface area contributed by atoms with Gasteiger partial charge in [0.05, 0.1) is 5.92 Å². The van der Waals surface area contributed by atoms with Gasteiger partial charge in [0.25, 0.3) is 0 Å². The van der Waals surface area contributed by atoms with Gasteiger partial charge in [-0.15, -0.1) is 11.8 Å². The molecule has 2 nitrogen and oxygen atoms in total. The molecule has 1 atom stereocenters. The number of benzene rings is 1. The van der Waals surface area contributed by atoms with Crippen molar-refractivity contribution in [3.05, 3.63) is 23.8 Å². The monoisotopic (exact) mass is 318 g/mol. The van der Waals surface area contributed by atoms with E-state index >= 15 is 0 Å². The predicted octanol–water partition coefficient (Wildman–Crippen LogP) is 4.04. The molecular formula is C15H21F3N2S. The molecule has 118 valence electrons. The minimum Gasteiger partial charge on any atom is -0.371 e. The molecule has 0 radical (unpaired) electrons. The van der Waals surface area contributed by atoms with Gasteiger partial charge in [0, 0.05) is 35.8 Å². The fraction of sp³-hybridized carbons (Fsp3) is 0.600. The zero-order valence-corrected chi connectivity index (χ0v) is 12.9. The molecule has 1 aliphatic rings. The van der Waals surface area contributed by atoms with Crippen LogP contribution >= 0.6 is 11.8 Å². The lowest BCUT2D eigenvalue weighted by Crippen LogP contribution is -2.42. The molecule has 0 spiro atoms. The lowest BCUT2D eigenvalue weighted by atomic mass is 9.96. The number of nitrogens with zero attached hydrogens (tertiary/aromatic N) is 1. The van der Waals surface area contributed by atoms with Crippen molar-refractivity contribution in [3.63, 3.8) is 0 Å². The van der Waals surface area contributed by atoms with Crippen LogP contribution in [0.1, 0.15) is 25.3 Å². The van der Waals surface area contributed by atoms with Crippen LogP contribution in [0.4, 0.5) is 18.9 Å². The SMILES string of the molecule is CCSc1cccc(N2CCCC(C(F)(F)F)C2)c1CN. The van der Waals surface area contributed by atoms with Crippen LogP contribution in [-0.2, 0) is 6.54 Å². The number of hydrogen-bond acceptors (Lipinski definition) is 3. The van der Waals surface area contributed by atoms with E-state index in [1.54, 1.807) is 11.8 Å². The molecule has 1 aromatic rings. The maximum atomic E-state index is 13.0. The van der Waals surface area contributed by atoms with Crippen molar-refractivity contribution >= 4 is 17.4 Å². The molecule has 1 unspecified atom stereocenters. The Morgan fingerprint density at radius 2 is 2.14 bits per heavy atom. The van der Waals surface area contributed by atoms with E-state index in [9.17, 15) is 13.2 Å². The highest BCUT2D eigenvalue weighted by Gasteiger charge is 2.42. The van der Waals surface area contributed by atoms with Crippen LogP contribution in [0.25, 0.3) is 0 Å². The van der Waals surface area contributed by atoms with Crippen molar-refractivity contribution in [2.75, 3.05) is 23.7 Å². The number of nitrogens with two attached hydrogens (primary N) is 1. The molecule has 0 bridgehead atoms. The zero-order valence-electron chi connectivity index (χ0n) is 12.1. The summed E-state index contributed by atoms with van der Waals surface area (Å²) >= 11 is 1.68. The maximum Gasteiger partial charge on any atom is 0.393 e. The second-order valence-corrected chi connectivity index (χ2v) is 6.52. The average molecular weight is 318 g/mol. The van der Waals surface area contributed by atoms with Gasteiger partial charge in [-0.05, 0) is 30.7 Å². The average Bonchev–Trinajstić information content (AvgIpc) is 2.46. The number of halogens is 3. The Balaban J connectivity index is 2.26. The Morgan fingerprint density at radius 1 is 1.38 bits per heavy atom. The molecule has 1 aliphatic heterocycles. The van der Waals surface area contributed by atoms with Gasteiger partial charge in [-0.3, -0.25) is 0 Å². The Kier molecular flexibility index (Phi) is 5.43. The maximum absolute atomic E-state index is 13.0. The first-order chi connectivity index (χ1) is 9.97. The number of anilines is 1. The number of alkyl halides is 3. The third kappa shape index (κ3) is 3.86. The van der Waals surface area contributed by atoms with E-state index in [-0.39, 0.29) is 13.0 Å². The minimum atomic E-state index is -4.11. The van der Waals surface area contributed by atoms with E-state index in [4.69, 9.17) is 5.73 Å². The van der Waals surface area contributed by atoms with Gasteiger partial charge in [-0.25, -0.2) is 0 Å². The highest BCUT2D eigenvalue weighted by molar-refractivity contribution is 7.99. The molecule has 1 heterocycles. The van der Waals surface area contributed by atoms with Crippen LogP contribution < -0.4 is 10.6 Å². The molecule has 0 amide bonds. The Bertz CT molecular complexity index is 476. The first-order valence-electron chi connectivity index (χ1n) is 7.23. The molecule has 2 N–H and O–H groups in total. The van der Waals surface area contributed by atoms with E-state index in [0.717, 1.165) is 21.9 Å². The molecule has 2 rings (SSSR count). The second-order valence-electron chi connectivity index (χ2n) is 5.22. The zero-order chi connectivity index (χ0) is 15.5. The summed E-state index contributed by atoms with van der Waals surface area (Å²) in [5.41, 5.74) is 7.68. The lowest BCUT2D eigenvalue weighted by Gasteiger charge is -2.36. The van der Waals surface area contributed by atoms with E-state index in [0.29, 0.717) is 19.5 Å². The van der Waals surface area contributed by atoms with Gasteiger partial charge in [0.15, 0.2) is 0 Å². The Morgan fingerprint density at radius 3 is 2.76 bits per heavy atom. The lowest BCUT2D eigenvalue weighted by molar-refractivity contribution is -0.176. The van der Waals surface area contributed by atoms with Gasteiger partial charge in [-0.1, -0.05) is 13.0 Å². The predicted molar refractivity (Wildman–Crippen MR) is 81.7 cm³/mol. The van der Waals surface area contributed by atoms with Crippen molar-refractivity contribution in [2.45, 2.75) is 37.4 Å². The molecule has 1 saturated heterocycles. The Hall–Kier alpha value is -0.880. The molecular weight excluding hydrogens is 297 g/mol. The molecule has 1 fully saturated rings. The van der Waals surface area contributed by atoms with Crippen LogP contribution in [-0.4, -0.2) is 25.0 Å². The third-order valence-electron chi connectivity index (χ3n) is 3.84. The second kappa shape index (κ2) is 6.92. The topological polar surface area (TPSA) is 29.3 Å². The molecule has 0 aromatic heterocycles. The number of thioether (sulfide) groups is 1. The van der Waals surface area contributed by atoms with Gasteiger partial charge in [0.1, 0.15) is 0 Å². The Labute approximate surface area is 127 Å².